The number of carboxylic acids is 1. The van der Waals surface area contributed by atoms with Crippen molar-refractivity contribution >= 4 is 50.4 Å². The van der Waals surface area contributed by atoms with E-state index in [1.54, 1.807) is 6.07 Å². The summed E-state index contributed by atoms with van der Waals surface area (Å²) >= 11 is 5.52. The second-order valence-electron chi connectivity index (χ2n) is 5.14. The van der Waals surface area contributed by atoms with Gasteiger partial charge in [-0.3, -0.25) is 9.59 Å². The second-order valence-corrected chi connectivity index (χ2v) is 7.24. The Labute approximate surface area is 139 Å². The van der Waals surface area contributed by atoms with Crippen LogP contribution in [0.25, 0.3) is 0 Å². The van der Waals surface area contributed by atoms with E-state index in [1.807, 2.05) is 12.1 Å². The molecule has 0 bridgehead atoms. The molecule has 1 aliphatic carbocycles. The maximum absolute atomic E-state index is 12.4. The Balaban J connectivity index is 2.20. The normalized spacial score (nSPS) is 16.9. The van der Waals surface area contributed by atoms with Gasteiger partial charge in [-0.1, -0.05) is 12.8 Å². The van der Waals surface area contributed by atoms with Crippen LogP contribution >= 0.6 is 38.5 Å². The van der Waals surface area contributed by atoms with Crippen LogP contribution in [0.5, 0.6) is 0 Å². The van der Waals surface area contributed by atoms with Gasteiger partial charge in [0.2, 0.25) is 0 Å². The molecular formula is C14H15BrINO3. The third-order valence-electron chi connectivity index (χ3n) is 3.60. The molecule has 0 heterocycles. The SMILES string of the molecule is O=C(O)CC1(NC(=O)c2cc(I)ccc2Br)CCCC1. The molecule has 0 saturated heterocycles. The Morgan fingerprint density at radius 3 is 2.60 bits per heavy atom. The van der Waals surface area contributed by atoms with E-state index in [-0.39, 0.29) is 12.3 Å². The third kappa shape index (κ3) is 3.72. The molecule has 6 heteroatoms. The highest BCUT2D eigenvalue weighted by Gasteiger charge is 2.37. The molecule has 0 radical (unpaired) electrons. The first-order chi connectivity index (χ1) is 9.42. The van der Waals surface area contributed by atoms with Crippen molar-refractivity contribution in [2.75, 3.05) is 0 Å². The fraction of sp³-hybridized carbons (Fsp3) is 0.429. The minimum atomic E-state index is -0.867. The molecule has 1 saturated carbocycles. The molecule has 0 aliphatic heterocycles. The van der Waals surface area contributed by atoms with E-state index in [9.17, 15) is 9.59 Å². The summed E-state index contributed by atoms with van der Waals surface area (Å²) in [6.45, 7) is 0. The number of hydrogen-bond acceptors (Lipinski definition) is 2. The van der Waals surface area contributed by atoms with Crippen molar-refractivity contribution in [2.24, 2.45) is 0 Å². The Hall–Kier alpha value is -0.630. The van der Waals surface area contributed by atoms with Gasteiger partial charge < -0.3 is 10.4 Å². The van der Waals surface area contributed by atoms with Crippen LogP contribution in [-0.2, 0) is 4.79 Å². The lowest BCUT2D eigenvalue weighted by atomic mass is 9.92. The lowest BCUT2D eigenvalue weighted by Gasteiger charge is -2.29. The van der Waals surface area contributed by atoms with Gasteiger partial charge >= 0.3 is 5.97 Å². The zero-order chi connectivity index (χ0) is 14.8. The van der Waals surface area contributed by atoms with E-state index in [4.69, 9.17) is 5.11 Å². The second kappa shape index (κ2) is 6.43. The molecule has 108 valence electrons. The molecule has 2 N–H and O–H groups in total. The first kappa shape index (κ1) is 15.8. The molecule has 0 unspecified atom stereocenters. The average molecular weight is 452 g/mol. The molecule has 1 fully saturated rings. The van der Waals surface area contributed by atoms with Crippen LogP contribution < -0.4 is 5.32 Å². The summed E-state index contributed by atoms with van der Waals surface area (Å²) in [5.41, 5.74) is -0.0440. The van der Waals surface area contributed by atoms with Crippen LogP contribution in [0, 0.1) is 3.57 Å². The number of benzene rings is 1. The Morgan fingerprint density at radius 1 is 1.35 bits per heavy atom. The number of aliphatic carboxylic acids is 1. The van der Waals surface area contributed by atoms with Gasteiger partial charge in [0.1, 0.15) is 0 Å². The molecule has 0 atom stereocenters. The standard InChI is InChI=1S/C14H15BrINO3/c15-11-4-3-9(16)7-10(11)13(20)17-14(8-12(18)19)5-1-2-6-14/h3-4,7H,1-2,5-6,8H2,(H,17,20)(H,18,19). The molecule has 1 amide bonds. The molecule has 0 aromatic heterocycles. The van der Waals surface area contributed by atoms with Gasteiger partial charge in [-0.25, -0.2) is 0 Å². The van der Waals surface area contributed by atoms with Crippen LogP contribution in [0.3, 0.4) is 0 Å². The van der Waals surface area contributed by atoms with Crippen LogP contribution in [0.4, 0.5) is 0 Å². The van der Waals surface area contributed by atoms with Gasteiger partial charge in [0, 0.05) is 8.04 Å². The highest BCUT2D eigenvalue weighted by molar-refractivity contribution is 14.1. The number of hydrogen-bond donors (Lipinski definition) is 2. The fourth-order valence-corrected chi connectivity index (χ4v) is 3.58. The molecule has 1 aromatic carbocycles. The van der Waals surface area contributed by atoms with Gasteiger partial charge in [-0.2, -0.15) is 0 Å². The van der Waals surface area contributed by atoms with Gasteiger partial charge in [0.15, 0.2) is 0 Å². The number of carboxylic acid groups (broad SMARTS) is 1. The van der Waals surface area contributed by atoms with Gasteiger partial charge in [0.25, 0.3) is 5.91 Å². The van der Waals surface area contributed by atoms with Crippen LogP contribution in [0.2, 0.25) is 0 Å². The van der Waals surface area contributed by atoms with E-state index >= 15 is 0 Å². The predicted octanol–water partition coefficient (Wildman–Crippen LogP) is 3.57. The summed E-state index contributed by atoms with van der Waals surface area (Å²) in [4.78, 5) is 23.5. The van der Waals surface area contributed by atoms with Gasteiger partial charge in [-0.15, -0.1) is 0 Å². The molecule has 0 spiro atoms. The van der Waals surface area contributed by atoms with E-state index in [2.05, 4.69) is 43.8 Å². The van der Waals surface area contributed by atoms with Crippen molar-refractivity contribution < 1.29 is 14.7 Å². The van der Waals surface area contributed by atoms with E-state index in [1.165, 1.54) is 0 Å². The zero-order valence-electron chi connectivity index (χ0n) is 10.8. The van der Waals surface area contributed by atoms with Gasteiger partial charge in [-0.05, 0) is 69.6 Å². The van der Waals surface area contributed by atoms with Crippen molar-refractivity contribution in [2.45, 2.75) is 37.6 Å². The Kier molecular flexibility index (Phi) is 5.06. The van der Waals surface area contributed by atoms with Crippen molar-refractivity contribution in [1.29, 1.82) is 0 Å². The van der Waals surface area contributed by atoms with Crippen molar-refractivity contribution in [3.63, 3.8) is 0 Å². The highest BCUT2D eigenvalue weighted by atomic mass is 127. The van der Waals surface area contributed by atoms with Crippen LogP contribution in [0.15, 0.2) is 22.7 Å². The minimum Gasteiger partial charge on any atom is -0.481 e. The summed E-state index contributed by atoms with van der Waals surface area (Å²) in [6.07, 6.45) is 3.36. The van der Waals surface area contributed by atoms with Crippen molar-refractivity contribution in [1.82, 2.24) is 5.32 Å². The third-order valence-corrected chi connectivity index (χ3v) is 4.96. The molecule has 2 rings (SSSR count). The van der Waals surface area contributed by atoms with E-state index < -0.39 is 11.5 Å². The topological polar surface area (TPSA) is 66.4 Å². The first-order valence-corrected chi connectivity index (χ1v) is 8.28. The minimum absolute atomic E-state index is 0.0136. The lowest BCUT2D eigenvalue weighted by molar-refractivity contribution is -0.138. The smallest absolute Gasteiger partial charge is 0.305 e. The predicted molar refractivity (Wildman–Crippen MR) is 87.8 cm³/mol. The zero-order valence-corrected chi connectivity index (χ0v) is 14.5. The highest BCUT2D eigenvalue weighted by Crippen LogP contribution is 2.33. The lowest BCUT2D eigenvalue weighted by Crippen LogP contribution is -2.47. The maximum atomic E-state index is 12.4. The first-order valence-electron chi connectivity index (χ1n) is 6.41. The number of halogens is 2. The monoisotopic (exact) mass is 451 g/mol. The summed E-state index contributed by atoms with van der Waals surface area (Å²) in [5.74, 6) is -1.08. The number of carbonyl (C=O) groups is 2. The van der Waals surface area contributed by atoms with Crippen molar-refractivity contribution in [3.8, 4) is 0 Å². The number of carbonyl (C=O) groups excluding carboxylic acids is 1. The molecule has 1 aromatic rings. The van der Waals surface area contributed by atoms with Gasteiger partial charge in [0.05, 0.1) is 17.5 Å². The summed E-state index contributed by atoms with van der Waals surface area (Å²) in [6, 6.07) is 5.53. The Bertz CT molecular complexity index is 541. The quantitative estimate of drug-likeness (QED) is 0.687. The molecule has 1 aliphatic rings. The molecule has 4 nitrogen and oxygen atoms in total. The summed E-state index contributed by atoms with van der Waals surface area (Å²) in [5, 5.41) is 12.0. The van der Waals surface area contributed by atoms with E-state index in [0.717, 1.165) is 33.7 Å². The molecule has 20 heavy (non-hydrogen) atoms. The van der Waals surface area contributed by atoms with Crippen molar-refractivity contribution in [3.05, 3.63) is 31.8 Å². The number of amides is 1. The largest absolute Gasteiger partial charge is 0.481 e. The maximum Gasteiger partial charge on any atom is 0.305 e. The number of nitrogens with one attached hydrogen (secondary N) is 1. The Morgan fingerprint density at radius 2 is 2.00 bits per heavy atom. The number of rotatable bonds is 4. The van der Waals surface area contributed by atoms with E-state index in [0.29, 0.717) is 5.56 Å². The summed E-state index contributed by atoms with van der Waals surface area (Å²) < 4.78 is 1.69. The van der Waals surface area contributed by atoms with Crippen LogP contribution in [-0.4, -0.2) is 22.5 Å². The molecular weight excluding hydrogens is 437 g/mol. The van der Waals surface area contributed by atoms with Crippen LogP contribution in [0.1, 0.15) is 42.5 Å². The average Bonchev–Trinajstić information content (AvgIpc) is 2.79. The fourth-order valence-electron chi connectivity index (χ4n) is 2.67. The summed E-state index contributed by atoms with van der Waals surface area (Å²) in [7, 11) is 0.